The number of nitrogens with zero attached hydrogens (tertiary/aromatic N) is 4. The summed E-state index contributed by atoms with van der Waals surface area (Å²) in [6.45, 7) is 2.42. The van der Waals surface area contributed by atoms with Gasteiger partial charge in [0.25, 0.3) is 0 Å². The number of aromatic nitrogens is 3. The van der Waals surface area contributed by atoms with E-state index in [9.17, 15) is 8.42 Å². The van der Waals surface area contributed by atoms with E-state index in [1.807, 2.05) is 30.3 Å². The van der Waals surface area contributed by atoms with Gasteiger partial charge in [0.15, 0.2) is 5.16 Å². The van der Waals surface area contributed by atoms with E-state index in [0.29, 0.717) is 42.9 Å². The van der Waals surface area contributed by atoms with Crippen molar-refractivity contribution in [2.24, 2.45) is 0 Å². The standard InChI is InChI=1S/C23H26N4O3S2/c28-32(29,26-11-13-30-14-12-26)21-8-4-7-19(15-21)17-31-23-25-24-22(20-9-10-20)27(23)16-18-5-2-1-3-6-18/h1-8,15,20H,9-14,16-17H2. The fourth-order valence-corrected chi connectivity index (χ4v) is 6.21. The molecule has 1 saturated heterocycles. The van der Waals surface area contributed by atoms with E-state index < -0.39 is 10.0 Å². The van der Waals surface area contributed by atoms with Gasteiger partial charge >= 0.3 is 0 Å². The second kappa shape index (κ2) is 9.35. The Labute approximate surface area is 192 Å². The second-order valence-corrected chi connectivity index (χ2v) is 11.0. The Bertz CT molecular complexity index is 1170. The van der Waals surface area contributed by atoms with E-state index in [0.717, 1.165) is 23.1 Å². The first-order valence-corrected chi connectivity index (χ1v) is 13.3. The summed E-state index contributed by atoms with van der Waals surface area (Å²) >= 11 is 1.60. The molecule has 0 radical (unpaired) electrons. The summed E-state index contributed by atoms with van der Waals surface area (Å²) in [6.07, 6.45) is 2.33. The van der Waals surface area contributed by atoms with Crippen LogP contribution in [-0.2, 0) is 27.1 Å². The maximum absolute atomic E-state index is 13.0. The van der Waals surface area contributed by atoms with Crippen LogP contribution in [-0.4, -0.2) is 53.8 Å². The highest BCUT2D eigenvalue weighted by Crippen LogP contribution is 2.40. The topological polar surface area (TPSA) is 77.3 Å². The lowest BCUT2D eigenvalue weighted by Gasteiger charge is -2.26. The Morgan fingerprint density at radius 1 is 0.969 bits per heavy atom. The second-order valence-electron chi connectivity index (χ2n) is 8.14. The van der Waals surface area contributed by atoms with E-state index in [4.69, 9.17) is 4.74 Å². The third kappa shape index (κ3) is 4.76. The predicted molar refractivity (Wildman–Crippen MR) is 123 cm³/mol. The van der Waals surface area contributed by atoms with Crippen molar-refractivity contribution in [2.75, 3.05) is 26.3 Å². The van der Waals surface area contributed by atoms with Gasteiger partial charge < -0.3 is 9.30 Å². The van der Waals surface area contributed by atoms with E-state index in [2.05, 4.69) is 26.9 Å². The van der Waals surface area contributed by atoms with Crippen molar-refractivity contribution in [3.63, 3.8) is 0 Å². The SMILES string of the molecule is O=S(=O)(c1cccc(CSc2nnc(C3CC3)n2Cc2ccccc2)c1)N1CCOCC1. The summed E-state index contributed by atoms with van der Waals surface area (Å²) in [4.78, 5) is 0.335. The molecular weight excluding hydrogens is 444 g/mol. The average molecular weight is 471 g/mol. The molecule has 2 aliphatic rings. The van der Waals surface area contributed by atoms with Gasteiger partial charge in [-0.15, -0.1) is 10.2 Å². The van der Waals surface area contributed by atoms with E-state index in [1.165, 1.54) is 22.7 Å². The van der Waals surface area contributed by atoms with Crippen LogP contribution in [0.4, 0.5) is 0 Å². The molecule has 2 fully saturated rings. The summed E-state index contributed by atoms with van der Waals surface area (Å²) in [5.41, 5.74) is 2.17. The number of rotatable bonds is 8. The number of morpholine rings is 1. The minimum absolute atomic E-state index is 0.335. The van der Waals surface area contributed by atoms with E-state index >= 15 is 0 Å². The van der Waals surface area contributed by atoms with Crippen molar-refractivity contribution in [2.45, 2.75) is 41.1 Å². The molecule has 2 heterocycles. The third-order valence-corrected chi connectivity index (χ3v) is 8.68. The van der Waals surface area contributed by atoms with Crippen LogP contribution >= 0.6 is 11.8 Å². The van der Waals surface area contributed by atoms with Gasteiger partial charge in [-0.1, -0.05) is 54.2 Å². The number of ether oxygens (including phenoxy) is 1. The number of benzene rings is 2. The molecule has 0 amide bonds. The summed E-state index contributed by atoms with van der Waals surface area (Å²) in [5, 5.41) is 9.82. The summed E-state index contributed by atoms with van der Waals surface area (Å²) < 4.78 is 35.0. The molecule has 1 aliphatic carbocycles. The molecule has 168 valence electrons. The monoisotopic (exact) mass is 470 g/mol. The molecule has 9 heteroatoms. The van der Waals surface area contributed by atoms with Crippen molar-refractivity contribution >= 4 is 21.8 Å². The first-order chi connectivity index (χ1) is 15.6. The Morgan fingerprint density at radius 3 is 2.47 bits per heavy atom. The van der Waals surface area contributed by atoms with Gasteiger partial charge in [0.2, 0.25) is 10.0 Å². The van der Waals surface area contributed by atoms with Crippen molar-refractivity contribution in [1.29, 1.82) is 0 Å². The minimum Gasteiger partial charge on any atom is -0.379 e. The fourth-order valence-electron chi connectivity index (χ4n) is 3.84. The molecular formula is C23H26N4O3S2. The van der Waals surface area contributed by atoms with Crippen LogP contribution < -0.4 is 0 Å². The molecule has 0 atom stereocenters. The molecule has 0 spiro atoms. The molecule has 1 saturated carbocycles. The van der Waals surface area contributed by atoms with Gasteiger partial charge in [-0.3, -0.25) is 0 Å². The first kappa shape index (κ1) is 21.6. The average Bonchev–Trinajstić information content (AvgIpc) is 3.60. The Morgan fingerprint density at radius 2 is 1.72 bits per heavy atom. The van der Waals surface area contributed by atoms with Crippen LogP contribution in [0.2, 0.25) is 0 Å². The van der Waals surface area contributed by atoms with Crippen LogP contribution in [0.15, 0.2) is 64.6 Å². The highest BCUT2D eigenvalue weighted by atomic mass is 32.2. The quantitative estimate of drug-likeness (QED) is 0.469. The lowest BCUT2D eigenvalue weighted by Crippen LogP contribution is -2.40. The van der Waals surface area contributed by atoms with Gasteiger partial charge in [0.05, 0.1) is 24.7 Å². The molecule has 0 unspecified atom stereocenters. The Kier molecular flexibility index (Phi) is 6.32. The van der Waals surface area contributed by atoms with Crippen molar-refractivity contribution in [3.8, 4) is 0 Å². The summed E-state index contributed by atoms with van der Waals surface area (Å²) in [7, 11) is -3.50. The van der Waals surface area contributed by atoms with Crippen molar-refractivity contribution in [3.05, 3.63) is 71.5 Å². The molecule has 1 aromatic heterocycles. The van der Waals surface area contributed by atoms with Crippen LogP contribution in [0.1, 0.15) is 35.7 Å². The van der Waals surface area contributed by atoms with Crippen LogP contribution in [0.25, 0.3) is 0 Å². The summed E-state index contributed by atoms with van der Waals surface area (Å²) in [6, 6.07) is 17.6. The highest BCUT2D eigenvalue weighted by Gasteiger charge is 2.30. The Balaban J connectivity index is 1.33. The number of sulfonamides is 1. The molecule has 0 N–H and O–H groups in total. The number of hydrogen-bond donors (Lipinski definition) is 0. The van der Waals surface area contributed by atoms with Crippen LogP contribution in [0, 0.1) is 0 Å². The van der Waals surface area contributed by atoms with Gasteiger partial charge in [-0.25, -0.2) is 8.42 Å². The number of hydrogen-bond acceptors (Lipinski definition) is 6. The zero-order valence-corrected chi connectivity index (χ0v) is 19.4. The predicted octanol–water partition coefficient (Wildman–Crippen LogP) is 3.52. The molecule has 0 bridgehead atoms. The van der Waals surface area contributed by atoms with Gasteiger partial charge in [-0.05, 0) is 36.1 Å². The fraction of sp³-hybridized carbons (Fsp3) is 0.391. The van der Waals surface area contributed by atoms with E-state index in [1.54, 1.807) is 23.9 Å². The largest absolute Gasteiger partial charge is 0.379 e. The zero-order valence-electron chi connectivity index (χ0n) is 17.8. The maximum atomic E-state index is 13.0. The maximum Gasteiger partial charge on any atom is 0.243 e. The minimum atomic E-state index is -3.50. The third-order valence-electron chi connectivity index (χ3n) is 5.75. The molecule has 5 rings (SSSR count). The summed E-state index contributed by atoms with van der Waals surface area (Å²) in [5.74, 6) is 2.19. The molecule has 2 aromatic carbocycles. The molecule has 32 heavy (non-hydrogen) atoms. The normalized spacial score (nSPS) is 17.5. The lowest BCUT2D eigenvalue weighted by atomic mass is 10.2. The first-order valence-electron chi connectivity index (χ1n) is 10.9. The molecule has 3 aromatic rings. The molecule has 7 nitrogen and oxygen atoms in total. The van der Waals surface area contributed by atoms with Crippen molar-refractivity contribution < 1.29 is 13.2 Å². The van der Waals surface area contributed by atoms with Crippen molar-refractivity contribution in [1.82, 2.24) is 19.1 Å². The zero-order chi connectivity index (χ0) is 22.0. The van der Waals surface area contributed by atoms with Crippen LogP contribution in [0.5, 0.6) is 0 Å². The number of thioether (sulfide) groups is 1. The van der Waals surface area contributed by atoms with Crippen LogP contribution in [0.3, 0.4) is 0 Å². The van der Waals surface area contributed by atoms with Gasteiger partial charge in [0, 0.05) is 24.8 Å². The Hall–Kier alpha value is -2.20. The van der Waals surface area contributed by atoms with Gasteiger partial charge in [0.1, 0.15) is 5.82 Å². The van der Waals surface area contributed by atoms with Gasteiger partial charge in [-0.2, -0.15) is 4.31 Å². The molecule has 1 aliphatic heterocycles. The van der Waals surface area contributed by atoms with E-state index in [-0.39, 0.29) is 0 Å². The highest BCUT2D eigenvalue weighted by molar-refractivity contribution is 7.98. The lowest BCUT2D eigenvalue weighted by molar-refractivity contribution is 0.0730. The smallest absolute Gasteiger partial charge is 0.243 e.